The molecule has 212 valence electrons. The van der Waals surface area contributed by atoms with Crippen LogP contribution in [-0.4, -0.2) is 15.9 Å². The van der Waals surface area contributed by atoms with E-state index in [0.29, 0.717) is 11.3 Å². The third-order valence-corrected chi connectivity index (χ3v) is 8.66. The van der Waals surface area contributed by atoms with E-state index in [1.165, 1.54) is 64.2 Å². The van der Waals surface area contributed by atoms with E-state index in [4.69, 9.17) is 4.74 Å². The molecule has 3 nitrogen and oxygen atoms in total. The van der Waals surface area contributed by atoms with Crippen LogP contribution >= 0.6 is 15.9 Å². The molecule has 0 fully saturated rings. The molecule has 0 aromatic heterocycles. The van der Waals surface area contributed by atoms with Gasteiger partial charge in [-0.15, -0.1) is 0 Å². The molecule has 4 heteroatoms. The Morgan fingerprint density at radius 3 is 1.77 bits per heavy atom. The topological polar surface area (TPSA) is 46.5 Å². The molecule has 0 aliphatic carbocycles. The first-order valence-corrected chi connectivity index (χ1v) is 16.1. The van der Waals surface area contributed by atoms with E-state index in [2.05, 4.69) is 22.9 Å². The molecular weight excluding hydrogens is 560 g/mol. The number of esters is 1. The van der Waals surface area contributed by atoms with Crippen molar-refractivity contribution in [3.05, 3.63) is 72.8 Å². The Labute approximate surface area is 248 Å². The lowest BCUT2D eigenvalue weighted by Gasteiger charge is -2.18. The van der Waals surface area contributed by atoms with Gasteiger partial charge in [0.25, 0.3) is 0 Å². The van der Waals surface area contributed by atoms with Crippen LogP contribution in [0.1, 0.15) is 90.4 Å². The van der Waals surface area contributed by atoms with Crippen LogP contribution in [0.4, 0.5) is 0 Å². The highest BCUT2D eigenvalue weighted by molar-refractivity contribution is 9.10. The van der Waals surface area contributed by atoms with Gasteiger partial charge in [-0.2, -0.15) is 0 Å². The van der Waals surface area contributed by atoms with Gasteiger partial charge in [-0.3, -0.25) is 4.79 Å². The zero-order chi connectivity index (χ0) is 28.2. The summed E-state index contributed by atoms with van der Waals surface area (Å²) in [5.41, 5.74) is 1.43. The number of fused-ring (bicyclic) bond motifs is 2. The zero-order valence-electron chi connectivity index (χ0n) is 23.8. The molecule has 4 rings (SSSR count). The van der Waals surface area contributed by atoms with E-state index in [0.717, 1.165) is 46.4 Å². The Balaban J connectivity index is 1.36. The Kier molecular flexibility index (Phi) is 11.9. The van der Waals surface area contributed by atoms with Crippen LogP contribution < -0.4 is 4.74 Å². The fraction of sp³-hybridized carbons (Fsp3) is 0.417. The van der Waals surface area contributed by atoms with Crippen molar-refractivity contribution in [2.24, 2.45) is 0 Å². The maximum Gasteiger partial charge on any atom is 0.325 e. The lowest BCUT2D eigenvalue weighted by Crippen LogP contribution is -2.20. The van der Waals surface area contributed by atoms with E-state index >= 15 is 0 Å². The smallest absolute Gasteiger partial charge is 0.325 e. The monoisotopic (exact) mass is 602 g/mol. The number of carbonyl (C=O) groups excluding carboxylic acids is 1. The average Bonchev–Trinajstić information content (AvgIpc) is 2.98. The van der Waals surface area contributed by atoms with Crippen molar-refractivity contribution in [1.82, 2.24) is 0 Å². The summed E-state index contributed by atoms with van der Waals surface area (Å²) in [7, 11) is 0. The number of unbranched alkanes of at least 4 members (excludes halogenated alkanes) is 11. The minimum absolute atomic E-state index is 0.166. The number of rotatable bonds is 16. The molecule has 0 heterocycles. The van der Waals surface area contributed by atoms with Gasteiger partial charge in [-0.05, 0) is 40.1 Å². The molecule has 4 aromatic rings. The van der Waals surface area contributed by atoms with E-state index < -0.39 is 0 Å². The van der Waals surface area contributed by atoms with Crippen LogP contribution in [0.15, 0.2) is 72.8 Å². The summed E-state index contributed by atoms with van der Waals surface area (Å²) in [5, 5.41) is 14.9. The third kappa shape index (κ3) is 8.10. The largest absolute Gasteiger partial charge is 0.507 e. The van der Waals surface area contributed by atoms with Crippen LogP contribution in [0.5, 0.6) is 11.5 Å². The van der Waals surface area contributed by atoms with Crippen LogP contribution in [0.2, 0.25) is 0 Å². The molecular formula is C36H43BrO3. The van der Waals surface area contributed by atoms with Gasteiger partial charge < -0.3 is 9.84 Å². The number of ether oxygens (including phenoxy) is 1. The minimum atomic E-state index is -0.365. The minimum Gasteiger partial charge on any atom is -0.507 e. The summed E-state index contributed by atoms with van der Waals surface area (Å²) < 4.78 is 6.03. The number of phenols is 1. The molecule has 40 heavy (non-hydrogen) atoms. The van der Waals surface area contributed by atoms with Crippen molar-refractivity contribution in [2.75, 3.05) is 0 Å². The number of halogens is 1. The third-order valence-electron chi connectivity index (χ3n) is 7.83. The van der Waals surface area contributed by atoms with Crippen LogP contribution in [0, 0.1) is 0 Å². The molecule has 4 aromatic carbocycles. The molecule has 0 saturated carbocycles. The first kappa shape index (κ1) is 30.1. The first-order valence-electron chi connectivity index (χ1n) is 15.2. The van der Waals surface area contributed by atoms with Crippen molar-refractivity contribution >= 4 is 43.4 Å². The molecule has 0 radical (unpaired) electrons. The van der Waals surface area contributed by atoms with Crippen molar-refractivity contribution in [3.63, 3.8) is 0 Å². The Morgan fingerprint density at radius 1 is 0.675 bits per heavy atom. The summed E-state index contributed by atoms with van der Waals surface area (Å²) in [5.74, 6) is 0.341. The van der Waals surface area contributed by atoms with Crippen molar-refractivity contribution < 1.29 is 14.6 Å². The van der Waals surface area contributed by atoms with E-state index in [-0.39, 0.29) is 16.5 Å². The molecule has 0 unspecified atom stereocenters. The van der Waals surface area contributed by atoms with Gasteiger partial charge in [-0.25, -0.2) is 0 Å². The predicted octanol–water partition coefficient (Wildman–Crippen LogP) is 11.1. The standard InChI is InChI=1S/C36H43BrO3/c1-2-3-4-5-6-7-8-9-10-11-12-13-22-31(37)36(39)40-33-26-24-28-19-15-17-21-30(28)35(33)34-29-20-16-14-18-27(29)23-25-32(34)38/h14-21,23-26,31,38H,2-13,22H2,1H3/t31-/m0/s1. The second kappa shape index (κ2) is 15.8. The zero-order valence-corrected chi connectivity index (χ0v) is 25.4. The van der Waals surface area contributed by atoms with Gasteiger partial charge in [0.05, 0.1) is 0 Å². The molecule has 0 aliphatic heterocycles. The number of alkyl halides is 1. The van der Waals surface area contributed by atoms with Crippen LogP contribution in [-0.2, 0) is 4.79 Å². The fourth-order valence-corrected chi connectivity index (χ4v) is 5.99. The summed E-state index contributed by atoms with van der Waals surface area (Å²) in [6.07, 6.45) is 16.3. The molecule has 0 bridgehead atoms. The SMILES string of the molecule is CCCCCCCCCCCCCC[C@H](Br)C(=O)Oc1ccc2ccccc2c1-c1c(O)ccc2ccccc12. The number of hydrogen-bond acceptors (Lipinski definition) is 3. The van der Waals surface area contributed by atoms with E-state index in [1.54, 1.807) is 6.07 Å². The molecule has 0 spiro atoms. The number of benzene rings is 4. The average molecular weight is 604 g/mol. The molecule has 1 atom stereocenters. The fourth-order valence-electron chi connectivity index (χ4n) is 5.57. The molecule has 0 saturated heterocycles. The Hall–Kier alpha value is -2.85. The van der Waals surface area contributed by atoms with Gasteiger partial charge in [-0.1, -0.05) is 161 Å². The highest BCUT2D eigenvalue weighted by Gasteiger charge is 2.22. The highest BCUT2D eigenvalue weighted by Crippen LogP contribution is 2.45. The van der Waals surface area contributed by atoms with Gasteiger partial charge in [0.1, 0.15) is 16.3 Å². The van der Waals surface area contributed by atoms with Gasteiger partial charge in [0, 0.05) is 11.1 Å². The van der Waals surface area contributed by atoms with Crippen molar-refractivity contribution in [1.29, 1.82) is 0 Å². The van der Waals surface area contributed by atoms with Gasteiger partial charge in [0.15, 0.2) is 0 Å². The maximum absolute atomic E-state index is 13.2. The van der Waals surface area contributed by atoms with Gasteiger partial charge >= 0.3 is 5.97 Å². The molecule has 1 N–H and O–H groups in total. The second-order valence-electron chi connectivity index (χ2n) is 10.9. The molecule has 0 aliphatic rings. The summed E-state index contributed by atoms with van der Waals surface area (Å²) in [6.45, 7) is 2.27. The second-order valence-corrected chi connectivity index (χ2v) is 12.0. The van der Waals surface area contributed by atoms with Crippen molar-refractivity contribution in [2.45, 2.75) is 95.2 Å². The van der Waals surface area contributed by atoms with Crippen LogP contribution in [0.25, 0.3) is 32.7 Å². The normalized spacial score (nSPS) is 12.2. The summed E-state index contributed by atoms with van der Waals surface area (Å²) >= 11 is 3.59. The predicted molar refractivity (Wildman–Crippen MR) is 173 cm³/mol. The molecule has 0 amide bonds. The van der Waals surface area contributed by atoms with Gasteiger partial charge in [0.2, 0.25) is 0 Å². The maximum atomic E-state index is 13.2. The number of hydrogen-bond donors (Lipinski definition) is 1. The lowest BCUT2D eigenvalue weighted by molar-refractivity contribution is -0.133. The van der Waals surface area contributed by atoms with Crippen molar-refractivity contribution in [3.8, 4) is 22.6 Å². The summed E-state index contributed by atoms with van der Waals surface area (Å²) in [6, 6.07) is 23.4. The Bertz CT molecular complexity index is 1380. The first-order chi connectivity index (χ1) is 19.6. The Morgan fingerprint density at radius 2 is 1.18 bits per heavy atom. The highest BCUT2D eigenvalue weighted by atomic mass is 79.9. The lowest BCUT2D eigenvalue weighted by atomic mass is 9.92. The quantitative estimate of drug-likeness (QED) is 0.0600. The number of carbonyl (C=O) groups is 1. The van der Waals surface area contributed by atoms with E-state index in [1.807, 2.05) is 66.7 Å². The summed E-state index contributed by atoms with van der Waals surface area (Å²) in [4.78, 5) is 12.8. The van der Waals surface area contributed by atoms with E-state index in [9.17, 15) is 9.90 Å². The van der Waals surface area contributed by atoms with Crippen LogP contribution in [0.3, 0.4) is 0 Å². The number of aromatic hydroxyl groups is 1. The number of phenolic OH excluding ortho intramolecular Hbond substituents is 1.